The lowest BCUT2D eigenvalue weighted by Gasteiger charge is -2.41. The Kier molecular flexibility index (Phi) is 4.45. The van der Waals surface area contributed by atoms with Crippen LogP contribution in [0.1, 0.15) is 39.5 Å². The molecule has 1 aliphatic carbocycles. The molecule has 0 amide bonds. The summed E-state index contributed by atoms with van der Waals surface area (Å²) in [5.74, 6) is 0.955. The Morgan fingerprint density at radius 3 is 2.65 bits per heavy atom. The molecule has 1 aliphatic heterocycles. The van der Waals surface area contributed by atoms with Crippen LogP contribution in [0, 0.1) is 11.3 Å². The number of rotatable bonds is 6. The van der Waals surface area contributed by atoms with E-state index in [1.807, 2.05) is 0 Å². The maximum Gasteiger partial charge on any atom is 0.0546 e. The molecule has 1 heterocycles. The van der Waals surface area contributed by atoms with E-state index in [4.69, 9.17) is 10.5 Å². The van der Waals surface area contributed by atoms with Crippen LogP contribution < -0.4 is 5.73 Å². The zero-order valence-corrected chi connectivity index (χ0v) is 11.5. The van der Waals surface area contributed by atoms with Crippen molar-refractivity contribution in [3.8, 4) is 0 Å². The van der Waals surface area contributed by atoms with Gasteiger partial charge in [-0.1, -0.05) is 0 Å². The highest BCUT2D eigenvalue weighted by Gasteiger charge is 2.35. The molecular weight excluding hydrogens is 212 g/mol. The van der Waals surface area contributed by atoms with Gasteiger partial charge >= 0.3 is 0 Å². The molecule has 2 rings (SSSR count). The average molecular weight is 240 g/mol. The highest BCUT2D eigenvalue weighted by Crippen LogP contribution is 2.33. The van der Waals surface area contributed by atoms with E-state index in [1.165, 1.54) is 32.2 Å². The highest BCUT2D eigenvalue weighted by molar-refractivity contribution is 4.89. The SMILES string of the molecule is CC(C)N(CC1CC1)CC1(CN)CCCOC1. The molecule has 1 atom stereocenters. The lowest BCUT2D eigenvalue weighted by Crippen LogP contribution is -2.50. The van der Waals surface area contributed by atoms with Crippen LogP contribution in [-0.2, 0) is 4.74 Å². The molecule has 3 nitrogen and oxygen atoms in total. The normalized spacial score (nSPS) is 30.2. The van der Waals surface area contributed by atoms with Crippen molar-refractivity contribution in [3.63, 3.8) is 0 Å². The second kappa shape index (κ2) is 5.68. The first-order valence-electron chi connectivity index (χ1n) is 7.17. The Morgan fingerprint density at radius 2 is 2.18 bits per heavy atom. The number of nitrogens with zero attached hydrogens (tertiary/aromatic N) is 1. The van der Waals surface area contributed by atoms with E-state index in [1.54, 1.807) is 0 Å². The molecule has 0 radical (unpaired) electrons. The summed E-state index contributed by atoms with van der Waals surface area (Å²) in [7, 11) is 0. The Morgan fingerprint density at radius 1 is 1.41 bits per heavy atom. The summed E-state index contributed by atoms with van der Waals surface area (Å²) in [6, 6.07) is 0.626. The minimum absolute atomic E-state index is 0.220. The third-order valence-corrected chi connectivity index (χ3v) is 4.30. The smallest absolute Gasteiger partial charge is 0.0546 e. The standard InChI is InChI=1S/C14H28N2O/c1-12(2)16(8-13-4-5-13)10-14(9-15)6-3-7-17-11-14/h12-13H,3-11,15H2,1-2H3. The van der Waals surface area contributed by atoms with Crippen LogP contribution in [0.25, 0.3) is 0 Å². The molecule has 1 saturated carbocycles. The summed E-state index contributed by atoms with van der Waals surface area (Å²) < 4.78 is 5.67. The van der Waals surface area contributed by atoms with E-state index in [9.17, 15) is 0 Å². The molecule has 0 aromatic carbocycles. The molecule has 2 fully saturated rings. The second-order valence-corrected chi connectivity index (χ2v) is 6.33. The summed E-state index contributed by atoms with van der Waals surface area (Å²) >= 11 is 0. The van der Waals surface area contributed by atoms with Crippen molar-refractivity contribution < 1.29 is 4.74 Å². The number of nitrogens with two attached hydrogens (primary N) is 1. The Labute approximate surface area is 106 Å². The summed E-state index contributed by atoms with van der Waals surface area (Å²) in [5.41, 5.74) is 6.25. The van der Waals surface area contributed by atoms with Crippen molar-refractivity contribution in [2.24, 2.45) is 17.1 Å². The highest BCUT2D eigenvalue weighted by atomic mass is 16.5. The van der Waals surface area contributed by atoms with Gasteiger partial charge in [0.15, 0.2) is 0 Å². The lowest BCUT2D eigenvalue weighted by molar-refractivity contribution is -0.0273. The maximum absolute atomic E-state index is 6.03. The molecule has 1 unspecified atom stereocenters. The molecule has 1 saturated heterocycles. The zero-order valence-electron chi connectivity index (χ0n) is 11.5. The first-order valence-corrected chi connectivity index (χ1v) is 7.17. The summed E-state index contributed by atoms with van der Waals surface area (Å²) in [5, 5.41) is 0. The van der Waals surface area contributed by atoms with Gasteiger partial charge in [-0.15, -0.1) is 0 Å². The summed E-state index contributed by atoms with van der Waals surface area (Å²) in [6.07, 6.45) is 5.26. The average Bonchev–Trinajstić information content (AvgIpc) is 3.13. The number of ether oxygens (including phenoxy) is 1. The Bertz CT molecular complexity index is 232. The van der Waals surface area contributed by atoms with Gasteiger partial charge in [0.25, 0.3) is 0 Å². The quantitative estimate of drug-likeness (QED) is 0.770. The number of hydrogen-bond acceptors (Lipinski definition) is 3. The van der Waals surface area contributed by atoms with Gasteiger partial charge < -0.3 is 10.5 Å². The van der Waals surface area contributed by atoms with E-state index in [0.717, 1.165) is 32.2 Å². The molecule has 0 bridgehead atoms. The minimum Gasteiger partial charge on any atom is -0.381 e. The summed E-state index contributed by atoms with van der Waals surface area (Å²) in [4.78, 5) is 2.62. The topological polar surface area (TPSA) is 38.5 Å². The van der Waals surface area contributed by atoms with Crippen molar-refractivity contribution in [3.05, 3.63) is 0 Å². The predicted molar refractivity (Wildman–Crippen MR) is 71.0 cm³/mol. The minimum atomic E-state index is 0.220. The second-order valence-electron chi connectivity index (χ2n) is 6.33. The van der Waals surface area contributed by atoms with Crippen LogP contribution in [0.4, 0.5) is 0 Å². The van der Waals surface area contributed by atoms with E-state index in [-0.39, 0.29) is 5.41 Å². The third-order valence-electron chi connectivity index (χ3n) is 4.30. The Hall–Kier alpha value is -0.120. The van der Waals surface area contributed by atoms with Gasteiger partial charge in [-0.3, -0.25) is 4.90 Å². The van der Waals surface area contributed by atoms with E-state index in [0.29, 0.717) is 6.04 Å². The molecule has 17 heavy (non-hydrogen) atoms. The van der Waals surface area contributed by atoms with Crippen LogP contribution in [0.15, 0.2) is 0 Å². The number of hydrogen-bond donors (Lipinski definition) is 1. The maximum atomic E-state index is 6.03. The van der Waals surface area contributed by atoms with E-state index in [2.05, 4.69) is 18.7 Å². The molecule has 0 aromatic rings. The Balaban J connectivity index is 1.93. The fourth-order valence-corrected chi connectivity index (χ4v) is 2.78. The van der Waals surface area contributed by atoms with Gasteiger partial charge in [0.05, 0.1) is 6.61 Å². The van der Waals surface area contributed by atoms with Crippen molar-refractivity contribution in [1.82, 2.24) is 4.90 Å². The third kappa shape index (κ3) is 3.67. The van der Waals surface area contributed by atoms with Gasteiger partial charge in [0.2, 0.25) is 0 Å². The fraction of sp³-hybridized carbons (Fsp3) is 1.00. The molecule has 3 heteroatoms. The van der Waals surface area contributed by atoms with Crippen molar-refractivity contribution in [1.29, 1.82) is 0 Å². The van der Waals surface area contributed by atoms with Gasteiger partial charge in [-0.25, -0.2) is 0 Å². The van der Waals surface area contributed by atoms with Crippen LogP contribution >= 0.6 is 0 Å². The largest absolute Gasteiger partial charge is 0.381 e. The van der Waals surface area contributed by atoms with Crippen LogP contribution in [0.2, 0.25) is 0 Å². The van der Waals surface area contributed by atoms with Crippen LogP contribution in [-0.4, -0.2) is 43.8 Å². The summed E-state index contributed by atoms with van der Waals surface area (Å²) in [6.45, 7) is 9.54. The molecule has 0 spiro atoms. The molecule has 100 valence electrons. The first-order chi connectivity index (χ1) is 8.15. The van der Waals surface area contributed by atoms with Gasteiger partial charge in [-0.2, -0.15) is 0 Å². The van der Waals surface area contributed by atoms with Crippen molar-refractivity contribution in [2.45, 2.75) is 45.6 Å². The van der Waals surface area contributed by atoms with Gasteiger partial charge in [-0.05, 0) is 45.4 Å². The van der Waals surface area contributed by atoms with Crippen molar-refractivity contribution >= 4 is 0 Å². The van der Waals surface area contributed by atoms with E-state index >= 15 is 0 Å². The van der Waals surface area contributed by atoms with E-state index < -0.39 is 0 Å². The zero-order chi connectivity index (χ0) is 12.3. The first kappa shape index (κ1) is 13.3. The van der Waals surface area contributed by atoms with Gasteiger partial charge in [0, 0.05) is 37.7 Å². The predicted octanol–water partition coefficient (Wildman–Crippen LogP) is 1.86. The molecular formula is C14H28N2O. The monoisotopic (exact) mass is 240 g/mol. The van der Waals surface area contributed by atoms with Crippen molar-refractivity contribution in [2.75, 3.05) is 32.8 Å². The molecule has 0 aromatic heterocycles. The van der Waals surface area contributed by atoms with Crippen LogP contribution in [0.5, 0.6) is 0 Å². The van der Waals surface area contributed by atoms with Gasteiger partial charge in [0.1, 0.15) is 0 Å². The molecule has 2 aliphatic rings. The lowest BCUT2D eigenvalue weighted by atomic mass is 9.81. The van der Waals surface area contributed by atoms with Crippen LogP contribution in [0.3, 0.4) is 0 Å². The molecule has 2 N–H and O–H groups in total. The fourth-order valence-electron chi connectivity index (χ4n) is 2.78.